The van der Waals surface area contributed by atoms with Crippen molar-refractivity contribution in [2.24, 2.45) is 0 Å². The van der Waals surface area contributed by atoms with E-state index in [-0.39, 0.29) is 0 Å². The number of rotatable bonds is 1. The summed E-state index contributed by atoms with van der Waals surface area (Å²) < 4.78 is 5.33. The van der Waals surface area contributed by atoms with Crippen molar-refractivity contribution in [1.29, 1.82) is 0 Å². The lowest BCUT2D eigenvalue weighted by Crippen LogP contribution is -2.50. The van der Waals surface area contributed by atoms with Gasteiger partial charge in [0.1, 0.15) is 5.75 Å². The lowest BCUT2D eigenvalue weighted by Gasteiger charge is -2.45. The minimum Gasteiger partial charge on any atom is -0.497 e. The van der Waals surface area contributed by atoms with Crippen LogP contribution in [0.2, 0.25) is 0 Å². The fraction of sp³-hybridized carbons (Fsp3) is 0.600. The van der Waals surface area contributed by atoms with Crippen LogP contribution in [-0.2, 0) is 0 Å². The molecule has 1 aromatic rings. The van der Waals surface area contributed by atoms with Crippen LogP contribution in [0.3, 0.4) is 0 Å². The van der Waals surface area contributed by atoms with Crippen LogP contribution in [0.25, 0.3) is 0 Å². The number of ether oxygens (including phenoxy) is 1. The molecule has 3 rings (SSSR count). The Balaban J connectivity index is 1.92. The van der Waals surface area contributed by atoms with Crippen molar-refractivity contribution >= 4 is 5.69 Å². The fourth-order valence-electron chi connectivity index (χ4n) is 3.46. The maximum absolute atomic E-state index is 5.33. The van der Waals surface area contributed by atoms with Gasteiger partial charge in [-0.3, -0.25) is 0 Å². The molecule has 18 heavy (non-hydrogen) atoms. The molecule has 2 aliphatic rings. The predicted molar refractivity (Wildman–Crippen MR) is 74.5 cm³/mol. The van der Waals surface area contributed by atoms with Crippen LogP contribution < -0.4 is 15.4 Å². The number of benzene rings is 1. The first-order valence-electron chi connectivity index (χ1n) is 6.89. The minimum atomic E-state index is 0.312. The van der Waals surface area contributed by atoms with Gasteiger partial charge in [0.2, 0.25) is 0 Å². The molecule has 0 saturated carbocycles. The molecule has 0 bridgehead atoms. The molecule has 98 valence electrons. The number of nitrogens with one attached hydrogen (secondary N) is 2. The summed E-state index contributed by atoms with van der Waals surface area (Å²) in [6.07, 6.45) is 3.68. The van der Waals surface area contributed by atoms with Crippen molar-refractivity contribution in [2.45, 2.75) is 37.6 Å². The smallest absolute Gasteiger partial charge is 0.119 e. The molecule has 3 nitrogen and oxygen atoms in total. The Morgan fingerprint density at radius 3 is 2.78 bits per heavy atom. The maximum atomic E-state index is 5.33. The van der Waals surface area contributed by atoms with Crippen LogP contribution in [0, 0.1) is 0 Å². The normalized spacial score (nSPS) is 25.3. The quantitative estimate of drug-likeness (QED) is 0.799. The van der Waals surface area contributed by atoms with E-state index >= 15 is 0 Å². The first kappa shape index (κ1) is 11.8. The number of hydrogen-bond donors (Lipinski definition) is 2. The Kier molecular flexibility index (Phi) is 2.94. The van der Waals surface area contributed by atoms with Gasteiger partial charge in [0.15, 0.2) is 0 Å². The third-order valence-corrected chi connectivity index (χ3v) is 4.45. The Morgan fingerprint density at radius 1 is 1.28 bits per heavy atom. The highest BCUT2D eigenvalue weighted by molar-refractivity contribution is 5.59. The second-order valence-electron chi connectivity index (χ2n) is 5.71. The Labute approximate surface area is 109 Å². The lowest BCUT2D eigenvalue weighted by atomic mass is 9.75. The molecule has 2 N–H and O–H groups in total. The molecule has 0 aliphatic carbocycles. The van der Waals surface area contributed by atoms with Gasteiger partial charge in [0.25, 0.3) is 0 Å². The fourth-order valence-corrected chi connectivity index (χ4v) is 3.46. The molecular formula is C15H22N2O. The molecule has 0 radical (unpaired) electrons. The summed E-state index contributed by atoms with van der Waals surface area (Å²) in [5.41, 5.74) is 3.02. The van der Waals surface area contributed by atoms with E-state index in [9.17, 15) is 0 Å². The molecule has 1 saturated heterocycles. The zero-order chi connectivity index (χ0) is 12.6. The van der Waals surface area contributed by atoms with Crippen molar-refractivity contribution in [3.05, 3.63) is 23.8 Å². The van der Waals surface area contributed by atoms with Gasteiger partial charge in [-0.25, -0.2) is 0 Å². The Hall–Kier alpha value is -1.22. The van der Waals surface area contributed by atoms with Crippen molar-refractivity contribution in [1.82, 2.24) is 5.32 Å². The highest BCUT2D eigenvalue weighted by Gasteiger charge is 2.38. The zero-order valence-electron chi connectivity index (χ0n) is 11.3. The SMILES string of the molecule is COc1ccc2c(c1)C(C)CC1(CCNCC1)N2. The van der Waals surface area contributed by atoms with E-state index < -0.39 is 0 Å². The molecule has 1 fully saturated rings. The highest BCUT2D eigenvalue weighted by Crippen LogP contribution is 2.43. The van der Waals surface area contributed by atoms with Crippen molar-refractivity contribution in [3.63, 3.8) is 0 Å². The molecular weight excluding hydrogens is 224 g/mol. The summed E-state index contributed by atoms with van der Waals surface area (Å²) in [4.78, 5) is 0. The summed E-state index contributed by atoms with van der Waals surface area (Å²) in [5, 5.41) is 7.25. The van der Waals surface area contributed by atoms with Crippen LogP contribution in [0.5, 0.6) is 5.75 Å². The van der Waals surface area contributed by atoms with Gasteiger partial charge in [0.05, 0.1) is 7.11 Å². The Bertz CT molecular complexity index is 438. The first-order chi connectivity index (χ1) is 8.72. The largest absolute Gasteiger partial charge is 0.497 e. The summed E-state index contributed by atoms with van der Waals surface area (Å²) >= 11 is 0. The van der Waals surface area contributed by atoms with Crippen LogP contribution in [-0.4, -0.2) is 25.7 Å². The zero-order valence-corrected chi connectivity index (χ0v) is 11.3. The van der Waals surface area contributed by atoms with Crippen LogP contribution in [0.1, 0.15) is 37.7 Å². The number of anilines is 1. The number of hydrogen-bond acceptors (Lipinski definition) is 3. The van der Waals surface area contributed by atoms with Crippen molar-refractivity contribution < 1.29 is 4.74 Å². The number of methoxy groups -OCH3 is 1. The van der Waals surface area contributed by atoms with Crippen molar-refractivity contribution in [3.8, 4) is 5.75 Å². The van der Waals surface area contributed by atoms with Gasteiger partial charge in [0, 0.05) is 11.2 Å². The molecule has 1 unspecified atom stereocenters. The standard InChI is InChI=1S/C15H22N2O/c1-11-10-15(5-7-16-8-6-15)17-14-4-3-12(18-2)9-13(11)14/h3-4,9,11,16-17H,5-8,10H2,1-2H3. The minimum absolute atomic E-state index is 0.312. The van der Waals surface area contributed by atoms with E-state index in [1.807, 2.05) is 0 Å². The van der Waals surface area contributed by atoms with Gasteiger partial charge in [-0.1, -0.05) is 6.92 Å². The van der Waals surface area contributed by atoms with Gasteiger partial charge in [-0.15, -0.1) is 0 Å². The van der Waals surface area contributed by atoms with Gasteiger partial charge < -0.3 is 15.4 Å². The van der Waals surface area contributed by atoms with E-state index in [0.717, 1.165) is 18.8 Å². The van der Waals surface area contributed by atoms with Crippen molar-refractivity contribution in [2.75, 3.05) is 25.5 Å². The highest BCUT2D eigenvalue weighted by atomic mass is 16.5. The third-order valence-electron chi connectivity index (χ3n) is 4.45. The van der Waals surface area contributed by atoms with Gasteiger partial charge >= 0.3 is 0 Å². The molecule has 2 aliphatic heterocycles. The maximum Gasteiger partial charge on any atom is 0.119 e. The second kappa shape index (κ2) is 4.47. The van der Waals surface area contributed by atoms with E-state index in [1.54, 1.807) is 7.11 Å². The number of fused-ring (bicyclic) bond motifs is 1. The Morgan fingerprint density at radius 2 is 2.06 bits per heavy atom. The molecule has 0 amide bonds. The predicted octanol–water partition coefficient (Wildman–Crippen LogP) is 2.74. The summed E-state index contributed by atoms with van der Waals surface area (Å²) in [6.45, 7) is 4.60. The molecule has 1 atom stereocenters. The van der Waals surface area contributed by atoms with Crippen LogP contribution in [0.15, 0.2) is 18.2 Å². The monoisotopic (exact) mass is 246 g/mol. The van der Waals surface area contributed by atoms with Gasteiger partial charge in [-0.05, 0) is 62.0 Å². The van der Waals surface area contributed by atoms with E-state index in [2.05, 4.69) is 35.8 Å². The van der Waals surface area contributed by atoms with E-state index in [4.69, 9.17) is 4.74 Å². The topological polar surface area (TPSA) is 33.3 Å². The average molecular weight is 246 g/mol. The van der Waals surface area contributed by atoms with Crippen LogP contribution in [0.4, 0.5) is 5.69 Å². The van der Waals surface area contributed by atoms with Crippen LogP contribution >= 0.6 is 0 Å². The lowest BCUT2D eigenvalue weighted by molar-refractivity contribution is 0.294. The first-order valence-corrected chi connectivity index (χ1v) is 6.89. The molecule has 2 heterocycles. The summed E-state index contributed by atoms with van der Waals surface area (Å²) in [5.74, 6) is 1.57. The third kappa shape index (κ3) is 1.97. The number of piperidine rings is 1. The molecule has 1 aromatic carbocycles. The summed E-state index contributed by atoms with van der Waals surface area (Å²) in [6, 6.07) is 6.41. The van der Waals surface area contributed by atoms with E-state index in [1.165, 1.54) is 30.5 Å². The van der Waals surface area contributed by atoms with Gasteiger partial charge in [-0.2, -0.15) is 0 Å². The molecule has 1 spiro atoms. The molecule has 0 aromatic heterocycles. The summed E-state index contributed by atoms with van der Waals surface area (Å²) in [7, 11) is 1.73. The average Bonchev–Trinajstić information content (AvgIpc) is 2.39. The molecule has 3 heteroatoms. The van der Waals surface area contributed by atoms with E-state index in [0.29, 0.717) is 11.5 Å². The second-order valence-corrected chi connectivity index (χ2v) is 5.71.